The zero-order chi connectivity index (χ0) is 13.5. The van der Waals surface area contributed by atoms with Gasteiger partial charge in [-0.3, -0.25) is 4.79 Å². The van der Waals surface area contributed by atoms with Crippen LogP contribution < -0.4 is 0 Å². The second-order valence-electron chi connectivity index (χ2n) is 4.36. The minimum atomic E-state index is -0.973. The number of hydrogen-bond donors (Lipinski definition) is 2. The molecule has 2 unspecified atom stereocenters. The van der Waals surface area contributed by atoms with Crippen molar-refractivity contribution in [3.05, 3.63) is 35.4 Å². The molecule has 0 amide bonds. The van der Waals surface area contributed by atoms with Gasteiger partial charge in [0.1, 0.15) is 0 Å². The third kappa shape index (κ3) is 3.82. The van der Waals surface area contributed by atoms with Gasteiger partial charge in [-0.05, 0) is 17.5 Å². The minimum absolute atomic E-state index is 0.450. The van der Waals surface area contributed by atoms with Crippen molar-refractivity contribution in [3.8, 4) is 0 Å². The molecule has 0 fully saturated rings. The Morgan fingerprint density at radius 3 is 2.72 bits per heavy atom. The first kappa shape index (κ1) is 14.7. The molecule has 0 saturated carbocycles. The highest BCUT2D eigenvalue weighted by molar-refractivity contribution is 5.71. The van der Waals surface area contributed by atoms with E-state index < -0.39 is 18.0 Å². The smallest absolute Gasteiger partial charge is 0.309 e. The van der Waals surface area contributed by atoms with E-state index in [1.807, 2.05) is 13.0 Å². The zero-order valence-corrected chi connectivity index (χ0v) is 10.8. The van der Waals surface area contributed by atoms with Crippen molar-refractivity contribution in [1.29, 1.82) is 0 Å². The number of carbonyl (C=O) groups is 1. The van der Waals surface area contributed by atoms with Crippen molar-refractivity contribution in [3.63, 3.8) is 0 Å². The van der Waals surface area contributed by atoms with Crippen LogP contribution in [0.2, 0.25) is 0 Å². The maximum Gasteiger partial charge on any atom is 0.309 e. The number of aliphatic carboxylic acids is 1. The minimum Gasteiger partial charge on any atom is -0.481 e. The second-order valence-corrected chi connectivity index (χ2v) is 4.36. The molecule has 2 N–H and O–H groups in total. The van der Waals surface area contributed by atoms with Gasteiger partial charge in [-0.1, -0.05) is 37.6 Å². The largest absolute Gasteiger partial charge is 0.481 e. The van der Waals surface area contributed by atoms with Crippen LogP contribution in [-0.4, -0.2) is 23.3 Å². The van der Waals surface area contributed by atoms with E-state index in [9.17, 15) is 9.90 Å². The Morgan fingerprint density at radius 1 is 1.44 bits per heavy atom. The first-order valence-electron chi connectivity index (χ1n) is 6.08. The molecule has 4 heteroatoms. The molecule has 0 saturated heterocycles. The third-order valence-corrected chi connectivity index (χ3v) is 2.90. The summed E-state index contributed by atoms with van der Waals surface area (Å²) in [7, 11) is 1.60. The van der Waals surface area contributed by atoms with E-state index in [4.69, 9.17) is 9.84 Å². The molecule has 100 valence electrons. The Kier molecular flexibility index (Phi) is 5.82. The number of carboxylic acid groups (broad SMARTS) is 1. The summed E-state index contributed by atoms with van der Waals surface area (Å²) in [5, 5.41) is 19.3. The number of ether oxygens (including phenoxy) is 1. The summed E-state index contributed by atoms with van der Waals surface area (Å²) in [6, 6.07) is 7.22. The normalized spacial score (nSPS) is 14.2. The fourth-order valence-corrected chi connectivity index (χ4v) is 1.99. The first-order valence-corrected chi connectivity index (χ1v) is 6.08. The van der Waals surface area contributed by atoms with Gasteiger partial charge in [-0.2, -0.15) is 0 Å². The van der Waals surface area contributed by atoms with Gasteiger partial charge in [0.05, 0.1) is 18.6 Å². The van der Waals surface area contributed by atoms with Crippen LogP contribution in [0.4, 0.5) is 0 Å². The van der Waals surface area contributed by atoms with Crippen LogP contribution in [0.15, 0.2) is 24.3 Å². The van der Waals surface area contributed by atoms with E-state index in [0.717, 1.165) is 12.0 Å². The molecule has 1 aromatic rings. The van der Waals surface area contributed by atoms with Crippen LogP contribution in [0.3, 0.4) is 0 Å². The molecule has 18 heavy (non-hydrogen) atoms. The standard InChI is InChI=1S/C14H20O4/c1-3-5-12(14(16)17)13(15)11-7-4-6-10(8-11)9-18-2/h4,6-8,12-13,15H,3,5,9H2,1-2H3,(H,16,17). The Bertz CT molecular complexity index is 389. The van der Waals surface area contributed by atoms with E-state index in [-0.39, 0.29) is 0 Å². The number of carboxylic acids is 1. The van der Waals surface area contributed by atoms with Crippen LogP contribution >= 0.6 is 0 Å². The molecule has 2 atom stereocenters. The molecule has 0 bridgehead atoms. The predicted molar refractivity (Wildman–Crippen MR) is 68.1 cm³/mol. The lowest BCUT2D eigenvalue weighted by Gasteiger charge is -2.19. The van der Waals surface area contributed by atoms with E-state index in [0.29, 0.717) is 18.6 Å². The molecule has 0 aliphatic heterocycles. The highest BCUT2D eigenvalue weighted by Crippen LogP contribution is 2.26. The van der Waals surface area contributed by atoms with Crippen molar-refractivity contribution in [2.24, 2.45) is 5.92 Å². The van der Waals surface area contributed by atoms with Crippen molar-refractivity contribution >= 4 is 5.97 Å². The Labute approximate surface area is 107 Å². The summed E-state index contributed by atoms with van der Waals surface area (Å²) in [4.78, 5) is 11.1. The molecule has 0 aliphatic rings. The van der Waals surface area contributed by atoms with Gasteiger partial charge < -0.3 is 14.9 Å². The fraction of sp³-hybridized carbons (Fsp3) is 0.500. The van der Waals surface area contributed by atoms with Crippen LogP contribution in [0.25, 0.3) is 0 Å². The van der Waals surface area contributed by atoms with Gasteiger partial charge in [0, 0.05) is 7.11 Å². The number of aliphatic hydroxyl groups is 1. The quantitative estimate of drug-likeness (QED) is 0.781. The Morgan fingerprint density at radius 2 is 2.17 bits per heavy atom. The average molecular weight is 252 g/mol. The van der Waals surface area contributed by atoms with Crippen molar-refractivity contribution < 1.29 is 19.7 Å². The van der Waals surface area contributed by atoms with Gasteiger partial charge in [0.15, 0.2) is 0 Å². The monoisotopic (exact) mass is 252 g/mol. The highest BCUT2D eigenvalue weighted by Gasteiger charge is 2.26. The van der Waals surface area contributed by atoms with E-state index >= 15 is 0 Å². The lowest BCUT2D eigenvalue weighted by Crippen LogP contribution is -2.22. The van der Waals surface area contributed by atoms with E-state index in [1.54, 1.807) is 25.3 Å². The second kappa shape index (κ2) is 7.13. The van der Waals surface area contributed by atoms with E-state index in [1.165, 1.54) is 0 Å². The maximum absolute atomic E-state index is 11.1. The SMILES string of the molecule is CCCC(C(=O)O)C(O)c1cccc(COC)c1. The highest BCUT2D eigenvalue weighted by atomic mass is 16.5. The third-order valence-electron chi connectivity index (χ3n) is 2.90. The predicted octanol–water partition coefficient (Wildman–Crippen LogP) is 2.37. The molecule has 0 spiro atoms. The molecular formula is C14H20O4. The van der Waals surface area contributed by atoms with Crippen LogP contribution in [0.1, 0.15) is 37.0 Å². The molecule has 0 heterocycles. The topological polar surface area (TPSA) is 66.8 Å². The Hall–Kier alpha value is -1.39. The maximum atomic E-state index is 11.1. The van der Waals surface area contributed by atoms with E-state index in [2.05, 4.69) is 0 Å². The van der Waals surface area contributed by atoms with Crippen LogP contribution in [-0.2, 0) is 16.1 Å². The molecule has 1 aromatic carbocycles. The van der Waals surface area contributed by atoms with Gasteiger partial charge in [-0.25, -0.2) is 0 Å². The number of benzene rings is 1. The lowest BCUT2D eigenvalue weighted by molar-refractivity contribution is -0.146. The summed E-state index contributed by atoms with van der Waals surface area (Å²) in [5.74, 6) is -1.71. The molecule has 0 aliphatic carbocycles. The molecule has 4 nitrogen and oxygen atoms in total. The molecule has 1 rings (SSSR count). The molecule has 0 radical (unpaired) electrons. The van der Waals surface area contributed by atoms with Gasteiger partial charge >= 0.3 is 5.97 Å². The van der Waals surface area contributed by atoms with Gasteiger partial charge in [0.25, 0.3) is 0 Å². The number of rotatable bonds is 7. The van der Waals surface area contributed by atoms with Crippen LogP contribution in [0, 0.1) is 5.92 Å². The van der Waals surface area contributed by atoms with Crippen molar-refractivity contribution in [1.82, 2.24) is 0 Å². The van der Waals surface area contributed by atoms with Crippen molar-refractivity contribution in [2.45, 2.75) is 32.5 Å². The van der Waals surface area contributed by atoms with Crippen LogP contribution in [0.5, 0.6) is 0 Å². The summed E-state index contributed by atoms with van der Waals surface area (Å²) < 4.78 is 5.02. The molecule has 0 aromatic heterocycles. The number of methoxy groups -OCH3 is 1. The summed E-state index contributed by atoms with van der Waals surface area (Å²) in [6.07, 6.45) is 0.218. The number of aliphatic hydroxyl groups excluding tert-OH is 1. The van der Waals surface area contributed by atoms with Crippen molar-refractivity contribution in [2.75, 3.05) is 7.11 Å². The fourth-order valence-electron chi connectivity index (χ4n) is 1.99. The first-order chi connectivity index (χ1) is 8.60. The molecular weight excluding hydrogens is 232 g/mol. The Balaban J connectivity index is 2.89. The average Bonchev–Trinajstić information content (AvgIpc) is 2.35. The van der Waals surface area contributed by atoms with Gasteiger partial charge in [0.2, 0.25) is 0 Å². The lowest BCUT2D eigenvalue weighted by atomic mass is 9.91. The summed E-state index contributed by atoms with van der Waals surface area (Å²) in [6.45, 7) is 2.36. The zero-order valence-electron chi connectivity index (χ0n) is 10.8. The summed E-state index contributed by atoms with van der Waals surface area (Å²) >= 11 is 0. The number of hydrogen-bond acceptors (Lipinski definition) is 3. The van der Waals surface area contributed by atoms with Gasteiger partial charge in [-0.15, -0.1) is 0 Å². The summed E-state index contributed by atoms with van der Waals surface area (Å²) in [5.41, 5.74) is 1.56.